The SMILES string of the molecule is CCCCNC(=O)NC(=O)C[NH+](C)CC(=O)Nc1ccc(OC)cc1. The number of quaternary nitrogens is 1. The number of urea groups is 1. The first-order chi connectivity index (χ1) is 11.9. The number of hydrogen-bond donors (Lipinski definition) is 4. The number of ether oxygens (including phenoxy) is 1. The lowest BCUT2D eigenvalue weighted by atomic mass is 10.3. The molecular formula is C17H27N4O4+. The van der Waals surface area contributed by atoms with Crippen LogP contribution >= 0.6 is 0 Å². The third-order valence-electron chi connectivity index (χ3n) is 3.37. The first-order valence-corrected chi connectivity index (χ1v) is 8.27. The summed E-state index contributed by atoms with van der Waals surface area (Å²) in [6.07, 6.45) is 1.82. The van der Waals surface area contributed by atoms with Crippen LogP contribution in [0.5, 0.6) is 5.75 Å². The van der Waals surface area contributed by atoms with Gasteiger partial charge in [0.05, 0.1) is 14.2 Å². The van der Waals surface area contributed by atoms with Crippen LogP contribution in [0.1, 0.15) is 19.8 Å². The van der Waals surface area contributed by atoms with Crippen LogP contribution in [0.2, 0.25) is 0 Å². The van der Waals surface area contributed by atoms with E-state index in [2.05, 4.69) is 16.0 Å². The highest BCUT2D eigenvalue weighted by atomic mass is 16.5. The maximum atomic E-state index is 12.0. The highest BCUT2D eigenvalue weighted by Crippen LogP contribution is 2.14. The molecule has 0 bridgehead atoms. The summed E-state index contributed by atoms with van der Waals surface area (Å²) < 4.78 is 5.05. The summed E-state index contributed by atoms with van der Waals surface area (Å²) in [6.45, 7) is 2.68. The number of carbonyl (C=O) groups is 3. The van der Waals surface area contributed by atoms with Crippen molar-refractivity contribution in [3.8, 4) is 5.75 Å². The lowest BCUT2D eigenvalue weighted by Crippen LogP contribution is -3.11. The largest absolute Gasteiger partial charge is 0.497 e. The van der Waals surface area contributed by atoms with Crippen molar-refractivity contribution in [2.24, 2.45) is 0 Å². The summed E-state index contributed by atoms with van der Waals surface area (Å²) in [4.78, 5) is 35.9. The zero-order chi connectivity index (χ0) is 18.7. The van der Waals surface area contributed by atoms with E-state index in [1.54, 1.807) is 38.4 Å². The molecule has 0 fully saturated rings. The van der Waals surface area contributed by atoms with E-state index >= 15 is 0 Å². The van der Waals surface area contributed by atoms with Crippen molar-refractivity contribution in [3.05, 3.63) is 24.3 Å². The summed E-state index contributed by atoms with van der Waals surface area (Å²) in [7, 11) is 3.28. The number of anilines is 1. The van der Waals surface area contributed by atoms with Crippen LogP contribution in [0.15, 0.2) is 24.3 Å². The molecule has 1 unspecified atom stereocenters. The summed E-state index contributed by atoms with van der Waals surface area (Å²) in [5.74, 6) is 0.0567. The van der Waals surface area contributed by atoms with Crippen LogP contribution in [0.3, 0.4) is 0 Å². The van der Waals surface area contributed by atoms with E-state index in [9.17, 15) is 14.4 Å². The van der Waals surface area contributed by atoms with Crippen LogP contribution in [-0.2, 0) is 9.59 Å². The Morgan fingerprint density at radius 1 is 1.08 bits per heavy atom. The summed E-state index contributed by atoms with van der Waals surface area (Å²) >= 11 is 0. The van der Waals surface area contributed by atoms with Crippen molar-refractivity contribution in [3.63, 3.8) is 0 Å². The molecule has 0 aliphatic heterocycles. The van der Waals surface area contributed by atoms with Crippen molar-refractivity contribution in [1.82, 2.24) is 10.6 Å². The molecule has 1 aromatic carbocycles. The normalized spacial score (nSPS) is 11.3. The fraction of sp³-hybridized carbons (Fsp3) is 0.471. The third kappa shape index (κ3) is 8.71. The fourth-order valence-electron chi connectivity index (χ4n) is 2.08. The second-order valence-corrected chi connectivity index (χ2v) is 5.74. The van der Waals surface area contributed by atoms with E-state index in [1.807, 2.05) is 6.92 Å². The molecule has 138 valence electrons. The monoisotopic (exact) mass is 351 g/mol. The van der Waals surface area contributed by atoms with Crippen LogP contribution in [-0.4, -0.2) is 51.6 Å². The topological polar surface area (TPSA) is 101 Å². The predicted molar refractivity (Wildman–Crippen MR) is 94.7 cm³/mol. The average molecular weight is 351 g/mol. The van der Waals surface area contributed by atoms with E-state index in [4.69, 9.17) is 4.74 Å². The smallest absolute Gasteiger partial charge is 0.321 e. The van der Waals surface area contributed by atoms with Gasteiger partial charge in [0.1, 0.15) is 5.75 Å². The van der Waals surface area contributed by atoms with Crippen LogP contribution in [0, 0.1) is 0 Å². The molecule has 0 saturated carbocycles. The van der Waals surface area contributed by atoms with E-state index < -0.39 is 11.9 Å². The van der Waals surface area contributed by atoms with Crippen molar-refractivity contribution in [2.75, 3.05) is 39.1 Å². The minimum absolute atomic E-state index is 0.0250. The number of nitrogens with one attached hydrogen (secondary N) is 4. The maximum Gasteiger partial charge on any atom is 0.321 e. The van der Waals surface area contributed by atoms with Crippen LogP contribution in [0.4, 0.5) is 10.5 Å². The van der Waals surface area contributed by atoms with Crippen LogP contribution < -0.4 is 25.6 Å². The van der Waals surface area contributed by atoms with E-state index in [0.29, 0.717) is 22.9 Å². The molecule has 0 saturated heterocycles. The van der Waals surface area contributed by atoms with Crippen molar-refractivity contribution < 1.29 is 24.0 Å². The minimum Gasteiger partial charge on any atom is -0.497 e. The lowest BCUT2D eigenvalue weighted by molar-refractivity contribution is -0.862. The van der Waals surface area contributed by atoms with Gasteiger partial charge in [-0.05, 0) is 30.7 Å². The first kappa shape index (κ1) is 20.4. The molecule has 1 rings (SSSR count). The molecule has 4 N–H and O–H groups in total. The number of unbranched alkanes of at least 4 members (excludes halogenated alkanes) is 1. The predicted octanol–water partition coefficient (Wildman–Crippen LogP) is -0.226. The zero-order valence-corrected chi connectivity index (χ0v) is 15.0. The van der Waals surface area contributed by atoms with Gasteiger partial charge < -0.3 is 20.3 Å². The Kier molecular flexibility index (Phi) is 9.02. The number of imide groups is 1. The lowest BCUT2D eigenvalue weighted by Gasteiger charge is -2.13. The van der Waals surface area contributed by atoms with Gasteiger partial charge in [0.2, 0.25) is 0 Å². The number of carbonyl (C=O) groups excluding carboxylic acids is 3. The molecule has 0 aliphatic rings. The Labute approximate surface area is 147 Å². The highest BCUT2D eigenvalue weighted by molar-refractivity contribution is 5.95. The van der Waals surface area contributed by atoms with Crippen LogP contribution in [0.25, 0.3) is 0 Å². The number of hydrogen-bond acceptors (Lipinski definition) is 4. The van der Waals surface area contributed by atoms with Crippen molar-refractivity contribution >= 4 is 23.5 Å². The summed E-state index contributed by atoms with van der Waals surface area (Å²) in [5, 5.41) is 7.60. The van der Waals surface area contributed by atoms with Gasteiger partial charge in [-0.1, -0.05) is 13.3 Å². The molecule has 0 aromatic heterocycles. The number of amides is 4. The molecule has 0 heterocycles. The maximum absolute atomic E-state index is 12.0. The van der Waals surface area contributed by atoms with Gasteiger partial charge in [0.15, 0.2) is 13.1 Å². The Morgan fingerprint density at radius 3 is 2.32 bits per heavy atom. The Hall–Kier alpha value is -2.61. The van der Waals surface area contributed by atoms with Gasteiger partial charge in [0.25, 0.3) is 11.8 Å². The Balaban J connectivity index is 2.31. The molecular weight excluding hydrogens is 324 g/mol. The molecule has 1 atom stereocenters. The number of benzene rings is 1. The molecule has 25 heavy (non-hydrogen) atoms. The van der Waals surface area contributed by atoms with Gasteiger partial charge in [-0.25, -0.2) is 4.79 Å². The summed E-state index contributed by atoms with van der Waals surface area (Å²) in [6, 6.07) is 6.46. The standard InChI is InChI=1S/C17H26N4O4/c1-4-5-10-18-17(24)20-16(23)12-21(2)11-15(22)19-13-6-8-14(25-3)9-7-13/h6-9H,4-5,10-12H2,1-3H3,(H,19,22)(H2,18,20,23,24)/p+1. The zero-order valence-electron chi connectivity index (χ0n) is 15.0. The quantitative estimate of drug-likeness (QED) is 0.462. The molecule has 0 spiro atoms. The highest BCUT2D eigenvalue weighted by Gasteiger charge is 2.16. The van der Waals surface area contributed by atoms with Crippen molar-refractivity contribution in [2.45, 2.75) is 19.8 Å². The average Bonchev–Trinajstić information content (AvgIpc) is 2.55. The summed E-state index contributed by atoms with van der Waals surface area (Å²) in [5.41, 5.74) is 0.651. The van der Waals surface area contributed by atoms with Gasteiger partial charge in [-0.3, -0.25) is 14.9 Å². The van der Waals surface area contributed by atoms with Gasteiger partial charge >= 0.3 is 6.03 Å². The number of methoxy groups -OCH3 is 1. The van der Waals surface area contributed by atoms with Gasteiger partial charge in [-0.2, -0.15) is 0 Å². The fourth-order valence-corrected chi connectivity index (χ4v) is 2.08. The first-order valence-electron chi connectivity index (χ1n) is 8.27. The van der Waals surface area contributed by atoms with Gasteiger partial charge in [-0.15, -0.1) is 0 Å². The number of likely N-dealkylation sites (N-methyl/N-ethyl adjacent to an activating group) is 1. The molecule has 8 heteroatoms. The Morgan fingerprint density at radius 2 is 1.72 bits per heavy atom. The molecule has 1 aromatic rings. The minimum atomic E-state index is -0.506. The molecule has 4 amide bonds. The Bertz CT molecular complexity index is 575. The van der Waals surface area contributed by atoms with Gasteiger partial charge in [0, 0.05) is 12.2 Å². The van der Waals surface area contributed by atoms with E-state index in [0.717, 1.165) is 12.8 Å². The second kappa shape index (κ2) is 11.0. The third-order valence-corrected chi connectivity index (χ3v) is 3.37. The van der Waals surface area contributed by atoms with E-state index in [1.165, 1.54) is 0 Å². The number of rotatable bonds is 9. The molecule has 0 radical (unpaired) electrons. The van der Waals surface area contributed by atoms with Crippen molar-refractivity contribution in [1.29, 1.82) is 0 Å². The van der Waals surface area contributed by atoms with E-state index in [-0.39, 0.29) is 19.0 Å². The molecule has 8 nitrogen and oxygen atoms in total. The molecule has 0 aliphatic carbocycles. The second-order valence-electron chi connectivity index (χ2n) is 5.74.